The molecule has 43 heavy (non-hydrogen) atoms. The lowest BCUT2D eigenvalue weighted by atomic mass is 10.1. The standard InChI is InChI=1S/C26H26ClF4N7O4S/c27-22-2-1-3-23-34-18(13-37(22)23)15-43-11-7-32-25(40)19-14-38(36-35-19)20-5-4-17(24(39)33-16-26(29,30)31)12-21(20)42-10-9-41-8-6-28/h1-5,12-14H,6-11,15-16H2,(H,32,40)(H,33,39). The van der Waals surface area contributed by atoms with Crippen LogP contribution in [0.2, 0.25) is 5.15 Å². The van der Waals surface area contributed by atoms with Gasteiger partial charge in [0.1, 0.15) is 42.1 Å². The third-order valence-corrected chi connectivity index (χ3v) is 6.93. The molecule has 0 unspecified atom stereocenters. The molecule has 2 amide bonds. The Bertz CT molecular complexity index is 1550. The molecule has 4 rings (SSSR count). The fourth-order valence-corrected chi connectivity index (χ4v) is 4.64. The first-order valence-electron chi connectivity index (χ1n) is 12.8. The average molecular weight is 644 g/mol. The minimum absolute atomic E-state index is 0.00391. The number of halogens is 5. The summed E-state index contributed by atoms with van der Waals surface area (Å²) in [7, 11) is 0. The van der Waals surface area contributed by atoms with Crippen LogP contribution in [0, 0.1) is 0 Å². The summed E-state index contributed by atoms with van der Waals surface area (Å²) in [5.74, 6) is -0.164. The summed E-state index contributed by atoms with van der Waals surface area (Å²) < 4.78 is 63.6. The van der Waals surface area contributed by atoms with Gasteiger partial charge >= 0.3 is 6.18 Å². The molecule has 230 valence electrons. The fourth-order valence-electron chi connectivity index (χ4n) is 3.70. The van der Waals surface area contributed by atoms with E-state index >= 15 is 0 Å². The lowest BCUT2D eigenvalue weighted by molar-refractivity contribution is -0.123. The lowest BCUT2D eigenvalue weighted by Gasteiger charge is -2.14. The zero-order valence-corrected chi connectivity index (χ0v) is 24.0. The number of fused-ring (bicyclic) bond motifs is 1. The third kappa shape index (κ3) is 9.30. The van der Waals surface area contributed by atoms with E-state index in [1.807, 2.05) is 18.3 Å². The van der Waals surface area contributed by atoms with Crippen LogP contribution in [0.3, 0.4) is 0 Å². The van der Waals surface area contributed by atoms with Crippen molar-refractivity contribution in [3.63, 3.8) is 0 Å². The number of thioether (sulfide) groups is 1. The van der Waals surface area contributed by atoms with Crippen molar-refractivity contribution in [3.05, 3.63) is 70.9 Å². The quantitative estimate of drug-likeness (QED) is 0.114. The van der Waals surface area contributed by atoms with E-state index in [1.165, 1.54) is 29.1 Å². The zero-order valence-electron chi connectivity index (χ0n) is 22.4. The molecule has 17 heteroatoms. The lowest BCUT2D eigenvalue weighted by Crippen LogP contribution is -2.33. The van der Waals surface area contributed by atoms with Gasteiger partial charge in [0, 0.05) is 29.8 Å². The predicted molar refractivity (Wildman–Crippen MR) is 151 cm³/mol. The molecule has 0 saturated heterocycles. The molecule has 0 spiro atoms. The van der Waals surface area contributed by atoms with Crippen LogP contribution >= 0.6 is 23.4 Å². The Kier molecular flexibility index (Phi) is 11.2. The number of amides is 2. The number of carbonyl (C=O) groups excluding carboxylic acids is 2. The number of hydrogen-bond acceptors (Lipinski definition) is 8. The van der Waals surface area contributed by atoms with Crippen molar-refractivity contribution in [2.45, 2.75) is 11.9 Å². The van der Waals surface area contributed by atoms with E-state index in [9.17, 15) is 27.2 Å². The Morgan fingerprint density at radius 1 is 1.05 bits per heavy atom. The fraction of sp³-hybridized carbons (Fsp3) is 0.346. The molecule has 0 radical (unpaired) electrons. The largest absolute Gasteiger partial charge is 0.489 e. The van der Waals surface area contributed by atoms with E-state index < -0.39 is 31.2 Å². The van der Waals surface area contributed by atoms with Crippen LogP contribution in [0.4, 0.5) is 17.6 Å². The van der Waals surface area contributed by atoms with Gasteiger partial charge in [0.15, 0.2) is 5.69 Å². The van der Waals surface area contributed by atoms with Gasteiger partial charge in [-0.1, -0.05) is 22.9 Å². The van der Waals surface area contributed by atoms with Gasteiger partial charge in [0.05, 0.1) is 25.1 Å². The minimum Gasteiger partial charge on any atom is -0.489 e. The maximum absolute atomic E-state index is 12.6. The number of aromatic nitrogens is 5. The van der Waals surface area contributed by atoms with Crippen LogP contribution in [0.15, 0.2) is 48.8 Å². The highest BCUT2D eigenvalue weighted by atomic mass is 35.5. The van der Waals surface area contributed by atoms with Crippen molar-refractivity contribution in [2.24, 2.45) is 0 Å². The number of rotatable bonds is 15. The topological polar surface area (TPSA) is 125 Å². The number of nitrogens with one attached hydrogen (secondary N) is 2. The highest BCUT2D eigenvalue weighted by molar-refractivity contribution is 7.98. The summed E-state index contributed by atoms with van der Waals surface area (Å²) in [4.78, 5) is 29.4. The van der Waals surface area contributed by atoms with Gasteiger partial charge in [-0.05, 0) is 30.3 Å². The van der Waals surface area contributed by atoms with Gasteiger partial charge < -0.3 is 20.1 Å². The maximum Gasteiger partial charge on any atom is 0.405 e. The van der Waals surface area contributed by atoms with Crippen molar-refractivity contribution < 1.29 is 36.6 Å². The number of pyridine rings is 1. The molecule has 0 atom stereocenters. The number of nitrogens with zero attached hydrogens (tertiary/aromatic N) is 5. The van der Waals surface area contributed by atoms with Crippen molar-refractivity contribution in [1.82, 2.24) is 35.0 Å². The number of benzene rings is 1. The van der Waals surface area contributed by atoms with Crippen LogP contribution in [0.25, 0.3) is 11.3 Å². The highest BCUT2D eigenvalue weighted by Gasteiger charge is 2.28. The summed E-state index contributed by atoms with van der Waals surface area (Å²) in [5, 5.41) is 12.9. The Labute approximate surface area is 251 Å². The molecular formula is C26H26ClF4N7O4S. The Morgan fingerprint density at radius 3 is 2.65 bits per heavy atom. The second-order valence-electron chi connectivity index (χ2n) is 8.80. The van der Waals surface area contributed by atoms with E-state index in [0.29, 0.717) is 23.2 Å². The summed E-state index contributed by atoms with van der Waals surface area (Å²) in [6.45, 7) is -2.01. The van der Waals surface area contributed by atoms with Crippen molar-refractivity contribution in [1.29, 1.82) is 0 Å². The van der Waals surface area contributed by atoms with Gasteiger partial charge in [-0.25, -0.2) is 14.1 Å². The van der Waals surface area contributed by atoms with E-state index in [4.69, 9.17) is 21.1 Å². The Hall–Kier alpha value is -3.89. The minimum atomic E-state index is -4.58. The Morgan fingerprint density at radius 2 is 1.88 bits per heavy atom. The van der Waals surface area contributed by atoms with Gasteiger partial charge in [-0.15, -0.1) is 5.10 Å². The number of hydrogen-bond donors (Lipinski definition) is 2. The second kappa shape index (κ2) is 15.0. The molecule has 2 N–H and O–H groups in total. The predicted octanol–water partition coefficient (Wildman–Crippen LogP) is 3.89. The molecule has 0 bridgehead atoms. The normalized spacial score (nSPS) is 11.6. The van der Waals surface area contributed by atoms with Crippen LogP contribution in [-0.2, 0) is 10.5 Å². The molecule has 0 aliphatic rings. The van der Waals surface area contributed by atoms with Crippen molar-refractivity contribution >= 4 is 40.8 Å². The van der Waals surface area contributed by atoms with Crippen LogP contribution in [0.1, 0.15) is 26.5 Å². The van der Waals surface area contributed by atoms with Gasteiger partial charge in [0.25, 0.3) is 11.8 Å². The van der Waals surface area contributed by atoms with E-state index in [-0.39, 0.29) is 42.5 Å². The average Bonchev–Trinajstić information content (AvgIpc) is 3.63. The van der Waals surface area contributed by atoms with Crippen LogP contribution in [0.5, 0.6) is 5.75 Å². The van der Waals surface area contributed by atoms with E-state index in [1.54, 1.807) is 27.5 Å². The SMILES string of the molecule is O=C(NCC(F)(F)F)c1ccc(-n2cc(C(=O)NCCSCc3cn4c(Cl)cccc4n3)nn2)c(OCCOCCF)c1. The molecule has 4 aromatic rings. The molecule has 0 saturated carbocycles. The summed E-state index contributed by atoms with van der Waals surface area (Å²) in [6, 6.07) is 9.35. The van der Waals surface area contributed by atoms with Gasteiger partial charge in [-0.2, -0.15) is 24.9 Å². The van der Waals surface area contributed by atoms with E-state index in [2.05, 4.69) is 20.6 Å². The van der Waals surface area contributed by atoms with Crippen LogP contribution in [-0.4, -0.2) is 87.7 Å². The number of imidazole rings is 1. The highest BCUT2D eigenvalue weighted by Crippen LogP contribution is 2.25. The number of alkyl halides is 4. The van der Waals surface area contributed by atoms with Gasteiger partial charge in [0.2, 0.25) is 0 Å². The molecule has 3 aromatic heterocycles. The zero-order chi connectivity index (χ0) is 30.8. The number of ether oxygens (including phenoxy) is 2. The summed E-state index contributed by atoms with van der Waals surface area (Å²) >= 11 is 7.73. The first kappa shape index (κ1) is 32.0. The van der Waals surface area contributed by atoms with E-state index in [0.717, 1.165) is 11.3 Å². The first-order chi connectivity index (χ1) is 20.6. The second-order valence-corrected chi connectivity index (χ2v) is 10.3. The van der Waals surface area contributed by atoms with Crippen molar-refractivity contribution in [2.75, 3.05) is 45.3 Å². The number of carbonyl (C=O) groups is 2. The summed E-state index contributed by atoms with van der Waals surface area (Å²) in [6.07, 6.45) is -1.38. The molecule has 3 heterocycles. The molecule has 1 aromatic carbocycles. The van der Waals surface area contributed by atoms with Gasteiger partial charge in [-0.3, -0.25) is 14.0 Å². The van der Waals surface area contributed by atoms with Crippen LogP contribution < -0.4 is 15.4 Å². The summed E-state index contributed by atoms with van der Waals surface area (Å²) in [5.41, 5.74) is 1.76. The molecule has 0 aliphatic heterocycles. The Balaban J connectivity index is 1.35. The third-order valence-electron chi connectivity index (χ3n) is 5.63. The molecule has 0 fully saturated rings. The smallest absolute Gasteiger partial charge is 0.405 e. The maximum atomic E-state index is 12.6. The molecule has 11 nitrogen and oxygen atoms in total. The van der Waals surface area contributed by atoms with Crippen molar-refractivity contribution in [3.8, 4) is 11.4 Å². The molecule has 0 aliphatic carbocycles. The monoisotopic (exact) mass is 643 g/mol. The molecular weight excluding hydrogens is 618 g/mol. The first-order valence-corrected chi connectivity index (χ1v) is 14.3.